The Hall–Kier alpha value is -2.33. The van der Waals surface area contributed by atoms with E-state index in [9.17, 15) is 4.79 Å². The van der Waals surface area contributed by atoms with Crippen molar-refractivity contribution in [3.8, 4) is 16.9 Å². The first-order valence-electron chi connectivity index (χ1n) is 9.67. The molecule has 0 spiro atoms. The molecule has 0 aliphatic heterocycles. The number of benzene rings is 1. The van der Waals surface area contributed by atoms with Crippen LogP contribution in [0.2, 0.25) is 0 Å². The number of ether oxygens (including phenoxy) is 1. The largest absolute Gasteiger partial charge is 0.493 e. The van der Waals surface area contributed by atoms with Crippen molar-refractivity contribution in [2.75, 3.05) is 6.61 Å². The number of hydrogen-bond donors (Lipinski definition) is 1. The third kappa shape index (κ3) is 6.10. The van der Waals surface area contributed by atoms with Crippen molar-refractivity contribution in [2.24, 2.45) is 0 Å². The topological polar surface area (TPSA) is 46.5 Å². The molecule has 0 fully saturated rings. The number of carboxylic acids is 1. The molecular formula is C24H30O3S. The lowest BCUT2D eigenvalue weighted by Crippen LogP contribution is -2.11. The first-order chi connectivity index (χ1) is 13.2. The SMILES string of the molecule is CCCCOc1ccc(C(C)(C)C)cc1-c1ccsc1C=CC(C)=CC(=O)O. The predicted molar refractivity (Wildman–Crippen MR) is 119 cm³/mol. The van der Waals surface area contributed by atoms with Crippen LogP contribution >= 0.6 is 11.3 Å². The van der Waals surface area contributed by atoms with Crippen LogP contribution in [0.4, 0.5) is 0 Å². The van der Waals surface area contributed by atoms with Crippen LogP contribution < -0.4 is 4.74 Å². The molecule has 0 unspecified atom stereocenters. The molecule has 0 radical (unpaired) electrons. The number of rotatable bonds is 8. The Kier molecular flexibility index (Phi) is 7.64. The van der Waals surface area contributed by atoms with E-state index in [1.807, 2.05) is 12.2 Å². The summed E-state index contributed by atoms with van der Waals surface area (Å²) in [6.07, 6.45) is 7.15. The number of allylic oxidation sites excluding steroid dienone is 2. The second-order valence-corrected chi connectivity index (χ2v) is 8.87. The number of thiophene rings is 1. The van der Waals surface area contributed by atoms with E-state index in [1.54, 1.807) is 18.3 Å². The van der Waals surface area contributed by atoms with E-state index in [-0.39, 0.29) is 5.41 Å². The van der Waals surface area contributed by atoms with Crippen LogP contribution in [0.3, 0.4) is 0 Å². The van der Waals surface area contributed by atoms with Crippen LogP contribution in [-0.4, -0.2) is 17.7 Å². The molecule has 2 aromatic rings. The van der Waals surface area contributed by atoms with E-state index in [1.165, 1.54) is 11.6 Å². The monoisotopic (exact) mass is 398 g/mol. The van der Waals surface area contributed by atoms with Gasteiger partial charge in [-0.2, -0.15) is 0 Å². The van der Waals surface area contributed by atoms with E-state index >= 15 is 0 Å². The highest BCUT2D eigenvalue weighted by molar-refractivity contribution is 7.11. The van der Waals surface area contributed by atoms with Gasteiger partial charge in [-0.05, 0) is 59.6 Å². The van der Waals surface area contributed by atoms with Crippen LogP contribution in [0.1, 0.15) is 57.9 Å². The highest BCUT2D eigenvalue weighted by atomic mass is 32.1. The molecule has 0 aliphatic rings. The van der Waals surface area contributed by atoms with E-state index in [4.69, 9.17) is 9.84 Å². The third-order valence-corrected chi connectivity index (χ3v) is 5.32. The van der Waals surface area contributed by atoms with Gasteiger partial charge in [0, 0.05) is 22.1 Å². The van der Waals surface area contributed by atoms with Crippen LogP contribution in [0.5, 0.6) is 5.75 Å². The van der Waals surface area contributed by atoms with Crippen LogP contribution in [0.15, 0.2) is 47.4 Å². The summed E-state index contributed by atoms with van der Waals surface area (Å²) in [5.41, 5.74) is 4.21. The minimum atomic E-state index is -0.932. The smallest absolute Gasteiger partial charge is 0.328 e. The van der Waals surface area contributed by atoms with Crippen molar-refractivity contribution in [3.05, 3.63) is 57.8 Å². The lowest BCUT2D eigenvalue weighted by Gasteiger charge is -2.21. The molecule has 1 N–H and O–H groups in total. The maximum absolute atomic E-state index is 10.8. The number of unbranched alkanes of at least 4 members (excludes halogenated alkanes) is 1. The minimum absolute atomic E-state index is 0.0452. The fraction of sp³-hybridized carbons (Fsp3) is 0.375. The Morgan fingerprint density at radius 2 is 1.96 bits per heavy atom. The zero-order valence-electron chi connectivity index (χ0n) is 17.4. The molecule has 1 aromatic heterocycles. The minimum Gasteiger partial charge on any atom is -0.493 e. The molecule has 0 saturated carbocycles. The lowest BCUT2D eigenvalue weighted by atomic mass is 9.85. The van der Waals surface area contributed by atoms with Gasteiger partial charge < -0.3 is 9.84 Å². The van der Waals surface area contributed by atoms with Crippen molar-refractivity contribution >= 4 is 23.4 Å². The van der Waals surface area contributed by atoms with Gasteiger partial charge in [-0.15, -0.1) is 11.3 Å². The molecule has 1 aromatic carbocycles. The molecule has 150 valence electrons. The summed E-state index contributed by atoms with van der Waals surface area (Å²) in [6, 6.07) is 8.55. The normalized spacial score (nSPS) is 12.5. The zero-order chi connectivity index (χ0) is 20.7. The Labute approximate surface area is 172 Å². The van der Waals surface area contributed by atoms with Crippen molar-refractivity contribution in [2.45, 2.75) is 52.9 Å². The molecule has 4 heteroatoms. The third-order valence-electron chi connectivity index (χ3n) is 4.44. The second kappa shape index (κ2) is 9.74. The molecule has 28 heavy (non-hydrogen) atoms. The quantitative estimate of drug-likeness (QED) is 0.298. The Morgan fingerprint density at radius 3 is 2.61 bits per heavy atom. The Balaban J connectivity index is 2.46. The molecule has 1 heterocycles. The number of hydrogen-bond acceptors (Lipinski definition) is 3. The first-order valence-corrected chi connectivity index (χ1v) is 10.5. The van der Waals surface area contributed by atoms with E-state index in [2.05, 4.69) is 57.3 Å². The zero-order valence-corrected chi connectivity index (χ0v) is 18.2. The molecule has 0 aliphatic carbocycles. The van der Waals surface area contributed by atoms with Crippen LogP contribution in [0.25, 0.3) is 17.2 Å². The van der Waals surface area contributed by atoms with Gasteiger partial charge in [0.05, 0.1) is 6.61 Å². The predicted octanol–water partition coefficient (Wildman–Crippen LogP) is 6.94. The van der Waals surface area contributed by atoms with Crippen molar-refractivity contribution in [1.29, 1.82) is 0 Å². The van der Waals surface area contributed by atoms with E-state index in [0.717, 1.165) is 34.6 Å². The average molecular weight is 399 g/mol. The van der Waals surface area contributed by atoms with E-state index < -0.39 is 5.97 Å². The summed E-state index contributed by atoms with van der Waals surface area (Å²) in [6.45, 7) is 11.3. The summed E-state index contributed by atoms with van der Waals surface area (Å²) < 4.78 is 6.09. The highest BCUT2D eigenvalue weighted by Gasteiger charge is 2.18. The van der Waals surface area contributed by atoms with Crippen molar-refractivity contribution < 1.29 is 14.6 Å². The van der Waals surface area contributed by atoms with Gasteiger partial charge in [0.2, 0.25) is 0 Å². The summed E-state index contributed by atoms with van der Waals surface area (Å²) in [4.78, 5) is 11.9. The van der Waals surface area contributed by atoms with Crippen LogP contribution in [0, 0.1) is 0 Å². The average Bonchev–Trinajstić information content (AvgIpc) is 3.07. The highest BCUT2D eigenvalue weighted by Crippen LogP contribution is 2.39. The van der Waals surface area contributed by atoms with Gasteiger partial charge in [0.25, 0.3) is 0 Å². The summed E-state index contributed by atoms with van der Waals surface area (Å²) in [5, 5.41) is 11.0. The van der Waals surface area contributed by atoms with Crippen molar-refractivity contribution in [1.82, 2.24) is 0 Å². The standard InChI is InChI=1S/C24H30O3S/c1-6-7-13-27-21-10-9-18(24(3,4)5)16-20(21)19-12-14-28-22(19)11-8-17(2)15-23(25)26/h8-12,14-16H,6-7,13H2,1-5H3,(H,25,26). The van der Waals surface area contributed by atoms with Gasteiger partial charge in [-0.3, -0.25) is 0 Å². The number of carbonyl (C=O) groups is 1. The van der Waals surface area contributed by atoms with Crippen LogP contribution in [-0.2, 0) is 10.2 Å². The number of aliphatic carboxylic acids is 1. The molecule has 0 amide bonds. The lowest BCUT2D eigenvalue weighted by molar-refractivity contribution is -0.131. The van der Waals surface area contributed by atoms with Gasteiger partial charge in [0.1, 0.15) is 5.75 Å². The molecule has 2 rings (SSSR count). The van der Waals surface area contributed by atoms with Gasteiger partial charge in [0.15, 0.2) is 0 Å². The van der Waals surface area contributed by atoms with Gasteiger partial charge >= 0.3 is 5.97 Å². The van der Waals surface area contributed by atoms with Crippen molar-refractivity contribution in [3.63, 3.8) is 0 Å². The second-order valence-electron chi connectivity index (χ2n) is 7.92. The fourth-order valence-electron chi connectivity index (χ4n) is 2.78. The summed E-state index contributed by atoms with van der Waals surface area (Å²) >= 11 is 1.64. The molecule has 0 bridgehead atoms. The summed E-state index contributed by atoms with van der Waals surface area (Å²) in [7, 11) is 0. The van der Waals surface area contributed by atoms with Gasteiger partial charge in [-0.25, -0.2) is 4.79 Å². The molecule has 0 saturated heterocycles. The maximum atomic E-state index is 10.8. The Bertz CT molecular complexity index is 866. The fourth-order valence-corrected chi connectivity index (χ4v) is 3.58. The summed E-state index contributed by atoms with van der Waals surface area (Å²) in [5.74, 6) is -0.0367. The maximum Gasteiger partial charge on any atom is 0.328 e. The van der Waals surface area contributed by atoms with Gasteiger partial charge in [-0.1, -0.05) is 46.3 Å². The first kappa shape index (κ1) is 22.0. The molecule has 3 nitrogen and oxygen atoms in total. The molecule has 0 atom stereocenters. The number of carboxylic acid groups (broad SMARTS) is 1. The Morgan fingerprint density at radius 1 is 1.21 bits per heavy atom. The van der Waals surface area contributed by atoms with E-state index in [0.29, 0.717) is 12.2 Å². The molecular weight excluding hydrogens is 368 g/mol.